The van der Waals surface area contributed by atoms with Crippen molar-refractivity contribution in [2.45, 2.75) is 12.0 Å². The predicted molar refractivity (Wildman–Crippen MR) is 229 cm³/mol. The third-order valence-corrected chi connectivity index (χ3v) is 11.1. The van der Waals surface area contributed by atoms with Crippen molar-refractivity contribution in [3.8, 4) is 50.7 Å². The van der Waals surface area contributed by atoms with E-state index < -0.39 is 0 Å². The van der Waals surface area contributed by atoms with Crippen molar-refractivity contribution >= 4 is 33.4 Å². The van der Waals surface area contributed by atoms with E-state index in [1.54, 1.807) is 0 Å². The van der Waals surface area contributed by atoms with Crippen LogP contribution in [0.1, 0.15) is 11.5 Å². The van der Waals surface area contributed by atoms with Gasteiger partial charge in [-0.2, -0.15) is 0 Å². The normalized spacial score (nSPS) is 15.7. The Balaban J connectivity index is 1.20. The molecule has 0 saturated carbocycles. The van der Waals surface area contributed by atoms with E-state index in [1.807, 2.05) is 24.3 Å². The first-order valence-corrected chi connectivity index (χ1v) is 19.1. The van der Waals surface area contributed by atoms with Gasteiger partial charge < -0.3 is 4.90 Å². The Bertz CT molecular complexity index is 2940. The summed E-state index contributed by atoms with van der Waals surface area (Å²) in [4.78, 5) is 18.3. The number of rotatable bonds is 5. The van der Waals surface area contributed by atoms with Crippen LogP contribution in [0.4, 0.5) is 11.6 Å². The summed E-state index contributed by atoms with van der Waals surface area (Å²) in [6.45, 7) is 0. The fraction of sp³-hybridized carbons (Fsp3) is 0.0392. The number of nitrogens with zero attached hydrogens (tertiary/aromatic N) is 5. The number of allylic oxidation sites excluding steroid dienone is 2. The lowest BCUT2D eigenvalue weighted by molar-refractivity contribution is 0.691. The molecule has 3 heterocycles. The predicted octanol–water partition coefficient (Wildman–Crippen LogP) is 12.4. The largest absolute Gasteiger partial charge is 0.304 e. The number of para-hydroxylation sites is 3. The Morgan fingerprint density at radius 2 is 1.12 bits per heavy atom. The van der Waals surface area contributed by atoms with Crippen LogP contribution < -0.4 is 4.90 Å². The molecular formula is C51H35N5. The highest BCUT2D eigenvalue weighted by atomic mass is 15.3. The number of fused-ring (bicyclic) bond motifs is 8. The van der Waals surface area contributed by atoms with Gasteiger partial charge >= 0.3 is 0 Å². The lowest BCUT2D eigenvalue weighted by Gasteiger charge is -2.34. The van der Waals surface area contributed by atoms with Gasteiger partial charge in [0.2, 0.25) is 5.95 Å². The molecule has 0 fully saturated rings. The van der Waals surface area contributed by atoms with E-state index in [2.05, 4.69) is 185 Å². The molecule has 56 heavy (non-hydrogen) atoms. The molecule has 0 amide bonds. The number of hydrogen-bond donors (Lipinski definition) is 0. The molecule has 5 nitrogen and oxygen atoms in total. The lowest BCUT2D eigenvalue weighted by atomic mass is 9.86. The Hall–Kier alpha value is -7.37. The van der Waals surface area contributed by atoms with E-state index in [4.69, 9.17) is 15.0 Å². The van der Waals surface area contributed by atoms with Crippen molar-refractivity contribution < 1.29 is 0 Å². The van der Waals surface area contributed by atoms with Crippen LogP contribution in [0, 0.1) is 0 Å². The highest BCUT2D eigenvalue weighted by Crippen LogP contribution is 2.46. The van der Waals surface area contributed by atoms with Crippen molar-refractivity contribution in [3.63, 3.8) is 0 Å². The fourth-order valence-electron chi connectivity index (χ4n) is 8.44. The SMILES string of the molecule is C1=CC2c3ccccc3-n3c(nc4ccccc43)N(c3cc(-c4ccc5ccccc5c4)cc(-c4cc(-c5ccccc5)nc(-c5ccccc5)n4)c3)C2C=C1. The summed E-state index contributed by atoms with van der Waals surface area (Å²) in [7, 11) is 0. The zero-order valence-corrected chi connectivity index (χ0v) is 30.4. The van der Waals surface area contributed by atoms with Gasteiger partial charge in [0.1, 0.15) is 0 Å². The summed E-state index contributed by atoms with van der Waals surface area (Å²) in [6.07, 6.45) is 9.01. The molecular weight excluding hydrogens is 683 g/mol. The zero-order valence-electron chi connectivity index (χ0n) is 30.4. The summed E-state index contributed by atoms with van der Waals surface area (Å²) < 4.78 is 2.35. The molecule has 11 rings (SSSR count). The Kier molecular flexibility index (Phi) is 7.56. The highest BCUT2D eigenvalue weighted by molar-refractivity contribution is 5.90. The van der Waals surface area contributed by atoms with Gasteiger partial charge in [0.05, 0.1) is 34.2 Å². The summed E-state index contributed by atoms with van der Waals surface area (Å²) in [5.74, 6) is 1.66. The smallest absolute Gasteiger partial charge is 0.216 e. The summed E-state index contributed by atoms with van der Waals surface area (Å²) in [6, 6.07) is 62.2. The molecule has 5 heteroatoms. The van der Waals surface area contributed by atoms with Crippen molar-refractivity contribution in [1.82, 2.24) is 19.5 Å². The van der Waals surface area contributed by atoms with Gasteiger partial charge in [-0.1, -0.05) is 152 Å². The second-order valence-electron chi connectivity index (χ2n) is 14.5. The number of imidazole rings is 1. The standard InChI is InChI=1S/C51H35N5/c1-3-16-35(17-4-1)45-33-46(53-50(52-45)36-18-5-2-6-19-36)40-30-39(38-28-27-34-15-7-8-20-37(34)29-38)31-41(32-40)55-47-24-12-9-21-42(47)43-22-10-13-25-48(43)56-49-26-14-11-23-44(49)54-51(55)56/h1-33,42,47H. The average Bonchev–Trinajstić information content (AvgIpc) is 3.60. The first-order valence-electron chi connectivity index (χ1n) is 19.1. The van der Waals surface area contributed by atoms with Gasteiger partial charge in [-0.25, -0.2) is 15.0 Å². The van der Waals surface area contributed by atoms with Crippen LogP contribution in [0.5, 0.6) is 0 Å². The molecule has 1 aliphatic heterocycles. The topological polar surface area (TPSA) is 46.8 Å². The molecule has 2 unspecified atom stereocenters. The van der Waals surface area contributed by atoms with E-state index in [1.165, 1.54) is 16.3 Å². The molecule has 9 aromatic rings. The van der Waals surface area contributed by atoms with Crippen molar-refractivity contribution in [2.24, 2.45) is 0 Å². The van der Waals surface area contributed by atoms with Gasteiger partial charge in [-0.3, -0.25) is 4.57 Å². The summed E-state index contributed by atoms with van der Waals surface area (Å²) in [5, 5.41) is 2.41. The number of anilines is 2. The van der Waals surface area contributed by atoms with Crippen LogP contribution in [-0.2, 0) is 0 Å². The third-order valence-electron chi connectivity index (χ3n) is 11.1. The Labute approximate surface area is 325 Å². The van der Waals surface area contributed by atoms with Crippen LogP contribution >= 0.6 is 0 Å². The second-order valence-corrected chi connectivity index (χ2v) is 14.5. The average molecular weight is 718 g/mol. The van der Waals surface area contributed by atoms with Gasteiger partial charge in [-0.15, -0.1) is 0 Å². The molecule has 264 valence electrons. The Morgan fingerprint density at radius 3 is 1.98 bits per heavy atom. The molecule has 0 bridgehead atoms. The molecule has 7 aromatic carbocycles. The first kappa shape index (κ1) is 32.1. The van der Waals surface area contributed by atoms with Crippen molar-refractivity contribution in [2.75, 3.05) is 4.90 Å². The second kappa shape index (κ2) is 13.2. The third kappa shape index (κ3) is 5.44. The molecule has 0 spiro atoms. The molecule has 2 aliphatic rings. The molecule has 0 radical (unpaired) electrons. The molecule has 0 N–H and O–H groups in total. The van der Waals surface area contributed by atoms with Crippen LogP contribution in [0.3, 0.4) is 0 Å². The minimum Gasteiger partial charge on any atom is -0.304 e. The van der Waals surface area contributed by atoms with E-state index in [-0.39, 0.29) is 12.0 Å². The van der Waals surface area contributed by atoms with E-state index >= 15 is 0 Å². The summed E-state index contributed by atoms with van der Waals surface area (Å²) >= 11 is 0. The van der Waals surface area contributed by atoms with Crippen molar-refractivity contribution in [1.29, 1.82) is 0 Å². The maximum Gasteiger partial charge on any atom is 0.216 e. The van der Waals surface area contributed by atoms with Crippen LogP contribution in [0.15, 0.2) is 200 Å². The quantitative estimate of drug-likeness (QED) is 0.178. The first-order chi connectivity index (χ1) is 27.7. The zero-order chi connectivity index (χ0) is 37.0. The number of aromatic nitrogens is 4. The monoisotopic (exact) mass is 717 g/mol. The minimum absolute atomic E-state index is 0.0379. The maximum absolute atomic E-state index is 5.42. The van der Waals surface area contributed by atoms with Crippen LogP contribution in [-0.4, -0.2) is 25.6 Å². The van der Waals surface area contributed by atoms with Gasteiger partial charge in [0.25, 0.3) is 0 Å². The number of hydrogen-bond acceptors (Lipinski definition) is 4. The van der Waals surface area contributed by atoms with Crippen molar-refractivity contribution in [3.05, 3.63) is 206 Å². The van der Waals surface area contributed by atoms with Crippen LogP contribution in [0.2, 0.25) is 0 Å². The van der Waals surface area contributed by atoms with Gasteiger partial charge in [-0.05, 0) is 76.0 Å². The number of benzene rings is 7. The molecule has 0 saturated heterocycles. The minimum atomic E-state index is -0.0379. The van der Waals surface area contributed by atoms with E-state index in [9.17, 15) is 0 Å². The molecule has 2 atom stereocenters. The van der Waals surface area contributed by atoms with E-state index in [0.717, 1.165) is 67.6 Å². The summed E-state index contributed by atoms with van der Waals surface area (Å²) in [5.41, 5.74) is 12.5. The van der Waals surface area contributed by atoms with Gasteiger partial charge in [0.15, 0.2) is 5.82 Å². The highest BCUT2D eigenvalue weighted by Gasteiger charge is 2.37. The fourth-order valence-corrected chi connectivity index (χ4v) is 8.44. The molecule has 1 aliphatic carbocycles. The van der Waals surface area contributed by atoms with Crippen LogP contribution in [0.25, 0.3) is 72.5 Å². The van der Waals surface area contributed by atoms with Gasteiger partial charge in [0, 0.05) is 28.3 Å². The van der Waals surface area contributed by atoms with E-state index in [0.29, 0.717) is 5.82 Å². The Morgan fingerprint density at radius 1 is 0.446 bits per heavy atom. The lowest BCUT2D eigenvalue weighted by Crippen LogP contribution is -2.35. The molecule has 2 aromatic heterocycles. The maximum atomic E-state index is 5.42.